The number of hydrogen-bond donors (Lipinski definition) is 1. The van der Waals surface area contributed by atoms with E-state index in [1.807, 2.05) is 51.2 Å². The molecule has 1 N–H and O–H groups in total. The number of nitrogens with one attached hydrogen (secondary N) is 1. The molecule has 2 nitrogen and oxygen atoms in total. The molecular weight excluding hydrogens is 174 g/mol. The van der Waals surface area contributed by atoms with Crippen LogP contribution in [-0.2, 0) is 0 Å². The highest BCUT2D eigenvalue weighted by molar-refractivity contribution is 5.20. The van der Waals surface area contributed by atoms with E-state index in [0.29, 0.717) is 0 Å². The second-order valence-corrected chi connectivity index (χ2v) is 2.62. The molecule has 0 unspecified atom stereocenters. The summed E-state index contributed by atoms with van der Waals surface area (Å²) in [5.74, 6) is 0.952. The van der Waals surface area contributed by atoms with Crippen LogP contribution in [0, 0.1) is 0 Å². The smallest absolute Gasteiger partial charge is 0.119 e. The molecule has 2 heteroatoms. The first-order chi connectivity index (χ1) is 6.93. The fraction of sp³-hybridized carbons (Fsp3) is 0.500. The summed E-state index contributed by atoms with van der Waals surface area (Å²) < 4.78 is 5.47. The van der Waals surface area contributed by atoms with Crippen LogP contribution in [0.3, 0.4) is 0 Å². The second-order valence-electron chi connectivity index (χ2n) is 2.62. The molecule has 0 aliphatic heterocycles. The van der Waals surface area contributed by atoms with Crippen LogP contribution >= 0.6 is 0 Å². The Kier molecular flexibility index (Phi) is 9.33. The summed E-state index contributed by atoms with van der Waals surface area (Å²) in [5, 5.41) is 3.07. The van der Waals surface area contributed by atoms with Gasteiger partial charge in [0.2, 0.25) is 0 Å². The Morgan fingerprint density at radius 1 is 1.14 bits per heavy atom. The van der Waals surface area contributed by atoms with Gasteiger partial charge in [-0.1, -0.05) is 32.0 Å². The molecule has 0 atom stereocenters. The van der Waals surface area contributed by atoms with Gasteiger partial charge in [0.15, 0.2) is 0 Å². The van der Waals surface area contributed by atoms with Gasteiger partial charge in [0.1, 0.15) is 5.75 Å². The van der Waals surface area contributed by atoms with E-state index >= 15 is 0 Å². The first-order valence-electron chi connectivity index (χ1n) is 5.26. The fourth-order valence-corrected chi connectivity index (χ4v) is 0.956. The molecule has 0 saturated carbocycles. The molecule has 1 aromatic carbocycles. The van der Waals surface area contributed by atoms with E-state index in [9.17, 15) is 0 Å². The maximum absolute atomic E-state index is 5.47. The van der Waals surface area contributed by atoms with Crippen LogP contribution in [-0.4, -0.2) is 20.2 Å². The molecule has 0 radical (unpaired) electrons. The zero-order valence-corrected chi connectivity index (χ0v) is 9.42. The van der Waals surface area contributed by atoms with Crippen molar-refractivity contribution in [2.45, 2.75) is 20.3 Å². The van der Waals surface area contributed by atoms with Gasteiger partial charge in [0.05, 0.1) is 6.61 Å². The highest BCUT2D eigenvalue weighted by atomic mass is 16.5. The number of hydrogen-bond acceptors (Lipinski definition) is 2. The summed E-state index contributed by atoms with van der Waals surface area (Å²) in [5.41, 5.74) is 0. The minimum atomic E-state index is 0.783. The summed E-state index contributed by atoms with van der Waals surface area (Å²) in [4.78, 5) is 0. The molecule has 0 heterocycles. The Morgan fingerprint density at radius 2 is 1.79 bits per heavy atom. The van der Waals surface area contributed by atoms with Crippen molar-refractivity contribution in [2.75, 3.05) is 20.2 Å². The van der Waals surface area contributed by atoms with Crippen molar-refractivity contribution in [3.63, 3.8) is 0 Å². The minimum absolute atomic E-state index is 0.783. The molecule has 1 aromatic rings. The summed E-state index contributed by atoms with van der Waals surface area (Å²) in [7, 11) is 1.95. The lowest BCUT2D eigenvalue weighted by atomic mass is 10.3. The molecule has 0 spiro atoms. The number of rotatable bonds is 5. The Balaban J connectivity index is 0.000000791. The van der Waals surface area contributed by atoms with Gasteiger partial charge in [0.25, 0.3) is 0 Å². The summed E-state index contributed by atoms with van der Waals surface area (Å²) >= 11 is 0. The normalized spacial score (nSPS) is 8.79. The van der Waals surface area contributed by atoms with Crippen molar-refractivity contribution in [1.29, 1.82) is 0 Å². The molecular formula is C12H21NO. The van der Waals surface area contributed by atoms with Crippen molar-refractivity contribution in [1.82, 2.24) is 5.32 Å². The number of benzene rings is 1. The quantitative estimate of drug-likeness (QED) is 0.729. The van der Waals surface area contributed by atoms with Gasteiger partial charge in [-0.25, -0.2) is 0 Å². The maximum Gasteiger partial charge on any atom is 0.119 e. The van der Waals surface area contributed by atoms with E-state index in [2.05, 4.69) is 5.32 Å². The highest BCUT2D eigenvalue weighted by Crippen LogP contribution is 2.07. The zero-order chi connectivity index (χ0) is 10.6. The zero-order valence-electron chi connectivity index (χ0n) is 9.42. The molecule has 0 saturated heterocycles. The van der Waals surface area contributed by atoms with Gasteiger partial charge in [-0.2, -0.15) is 0 Å². The van der Waals surface area contributed by atoms with Crippen LogP contribution in [0.4, 0.5) is 0 Å². The van der Waals surface area contributed by atoms with E-state index in [0.717, 1.165) is 25.3 Å². The molecule has 1 rings (SSSR count). The second kappa shape index (κ2) is 10.1. The topological polar surface area (TPSA) is 21.3 Å². The predicted octanol–water partition coefficient (Wildman–Crippen LogP) is 2.70. The van der Waals surface area contributed by atoms with Crippen molar-refractivity contribution in [2.24, 2.45) is 0 Å². The Morgan fingerprint density at radius 3 is 2.36 bits per heavy atom. The molecule has 14 heavy (non-hydrogen) atoms. The average Bonchev–Trinajstić information content (AvgIpc) is 2.29. The van der Waals surface area contributed by atoms with Gasteiger partial charge >= 0.3 is 0 Å². The number of para-hydroxylation sites is 1. The first-order valence-corrected chi connectivity index (χ1v) is 5.26. The molecule has 0 aromatic heterocycles. The van der Waals surface area contributed by atoms with Gasteiger partial charge in [-0.15, -0.1) is 0 Å². The molecule has 0 fully saturated rings. The minimum Gasteiger partial charge on any atom is -0.494 e. The lowest BCUT2D eigenvalue weighted by Crippen LogP contribution is -2.11. The van der Waals surface area contributed by atoms with Gasteiger partial charge < -0.3 is 10.1 Å². The van der Waals surface area contributed by atoms with Gasteiger partial charge in [-0.3, -0.25) is 0 Å². The molecule has 0 bridgehead atoms. The van der Waals surface area contributed by atoms with Crippen LogP contribution in [0.2, 0.25) is 0 Å². The fourth-order valence-electron chi connectivity index (χ4n) is 0.956. The van der Waals surface area contributed by atoms with Gasteiger partial charge in [-0.05, 0) is 32.1 Å². The molecule has 0 aliphatic carbocycles. The standard InChI is InChI=1S/C10H15NO.C2H6/c1-11-8-5-9-12-10-6-3-2-4-7-10;1-2/h2-4,6-7,11H,5,8-9H2,1H3;1-2H3. The number of ether oxygens (including phenoxy) is 1. The largest absolute Gasteiger partial charge is 0.494 e. The van der Waals surface area contributed by atoms with E-state index in [1.54, 1.807) is 0 Å². The summed E-state index contributed by atoms with van der Waals surface area (Å²) in [6.45, 7) is 5.79. The predicted molar refractivity (Wildman–Crippen MR) is 61.8 cm³/mol. The van der Waals surface area contributed by atoms with Crippen LogP contribution < -0.4 is 10.1 Å². The third kappa shape index (κ3) is 6.49. The van der Waals surface area contributed by atoms with Crippen molar-refractivity contribution in [3.05, 3.63) is 30.3 Å². The Labute approximate surface area is 87.3 Å². The molecule has 0 aliphatic rings. The maximum atomic E-state index is 5.47. The average molecular weight is 195 g/mol. The SMILES string of the molecule is CC.CNCCCOc1ccccc1. The molecule has 80 valence electrons. The highest BCUT2D eigenvalue weighted by Gasteiger charge is 1.89. The van der Waals surface area contributed by atoms with Crippen LogP contribution in [0.5, 0.6) is 5.75 Å². The van der Waals surface area contributed by atoms with Crippen molar-refractivity contribution in [3.8, 4) is 5.75 Å². The van der Waals surface area contributed by atoms with Crippen molar-refractivity contribution < 1.29 is 4.74 Å². The van der Waals surface area contributed by atoms with E-state index < -0.39 is 0 Å². The van der Waals surface area contributed by atoms with Crippen LogP contribution in [0.15, 0.2) is 30.3 Å². The van der Waals surface area contributed by atoms with Crippen LogP contribution in [0.1, 0.15) is 20.3 Å². The van der Waals surface area contributed by atoms with E-state index in [-0.39, 0.29) is 0 Å². The third-order valence-corrected chi connectivity index (χ3v) is 1.58. The van der Waals surface area contributed by atoms with Gasteiger partial charge in [0, 0.05) is 0 Å². The molecule has 0 amide bonds. The van der Waals surface area contributed by atoms with Crippen LogP contribution in [0.25, 0.3) is 0 Å². The first kappa shape index (κ1) is 13.0. The lowest BCUT2D eigenvalue weighted by molar-refractivity contribution is 0.310. The van der Waals surface area contributed by atoms with E-state index in [1.165, 1.54) is 0 Å². The Hall–Kier alpha value is -1.02. The summed E-state index contributed by atoms with van der Waals surface area (Å²) in [6.07, 6.45) is 1.05. The van der Waals surface area contributed by atoms with E-state index in [4.69, 9.17) is 4.74 Å². The monoisotopic (exact) mass is 195 g/mol. The summed E-state index contributed by atoms with van der Waals surface area (Å²) in [6, 6.07) is 9.89. The van der Waals surface area contributed by atoms with Crippen molar-refractivity contribution >= 4 is 0 Å². The Bertz CT molecular complexity index is 199. The lowest BCUT2D eigenvalue weighted by Gasteiger charge is -2.04. The third-order valence-electron chi connectivity index (χ3n) is 1.58.